The maximum atomic E-state index is 14.7. The van der Waals surface area contributed by atoms with E-state index in [4.69, 9.17) is 9.47 Å². The summed E-state index contributed by atoms with van der Waals surface area (Å²) in [4.78, 5) is 21.4. The highest BCUT2D eigenvalue weighted by Gasteiger charge is 2.32. The number of methoxy groups -OCH3 is 2. The van der Waals surface area contributed by atoms with Gasteiger partial charge in [-0.1, -0.05) is 30.3 Å². The van der Waals surface area contributed by atoms with E-state index < -0.39 is 0 Å². The maximum absolute atomic E-state index is 14.7. The summed E-state index contributed by atoms with van der Waals surface area (Å²) in [7, 11) is 3.05. The molecule has 4 rings (SSSR count). The second kappa shape index (κ2) is 12.8. The fourth-order valence-electron chi connectivity index (χ4n) is 5.06. The number of pyridine rings is 1. The third kappa shape index (κ3) is 6.59. The number of aromatic nitrogens is 1. The first-order valence-electron chi connectivity index (χ1n) is 12.8. The SMILES string of the molecule is COC(=O)[C@H]1CN(CCCCc2ccccc2)CCN1CCCc1c(F)cnc2ccc(OC)cc12. The van der Waals surface area contributed by atoms with E-state index in [1.165, 1.54) is 18.9 Å². The number of rotatable bonds is 11. The Balaban J connectivity index is 1.31. The van der Waals surface area contributed by atoms with E-state index >= 15 is 0 Å². The highest BCUT2D eigenvalue weighted by Crippen LogP contribution is 2.26. The fourth-order valence-corrected chi connectivity index (χ4v) is 5.06. The predicted octanol–water partition coefficient (Wildman–Crippen LogP) is 4.50. The van der Waals surface area contributed by atoms with Gasteiger partial charge in [0.25, 0.3) is 0 Å². The van der Waals surface area contributed by atoms with Crippen LogP contribution in [0.2, 0.25) is 0 Å². The molecular weight excluding hydrogens is 457 g/mol. The lowest BCUT2D eigenvalue weighted by Gasteiger charge is -2.40. The van der Waals surface area contributed by atoms with Crippen LogP contribution in [0.3, 0.4) is 0 Å². The van der Waals surface area contributed by atoms with Gasteiger partial charge in [0.05, 0.1) is 25.9 Å². The third-order valence-corrected chi connectivity index (χ3v) is 7.09. The number of carbonyl (C=O) groups excluding carboxylic acids is 1. The molecule has 0 aliphatic carbocycles. The molecule has 36 heavy (non-hydrogen) atoms. The van der Waals surface area contributed by atoms with Crippen LogP contribution in [0.5, 0.6) is 5.75 Å². The molecule has 0 unspecified atom stereocenters. The van der Waals surface area contributed by atoms with Crippen molar-refractivity contribution in [3.63, 3.8) is 0 Å². The number of fused-ring (bicyclic) bond motifs is 1. The lowest BCUT2D eigenvalue weighted by atomic mass is 10.0. The van der Waals surface area contributed by atoms with E-state index in [9.17, 15) is 9.18 Å². The predicted molar refractivity (Wildman–Crippen MR) is 140 cm³/mol. The summed E-state index contributed by atoms with van der Waals surface area (Å²) >= 11 is 0. The van der Waals surface area contributed by atoms with Crippen molar-refractivity contribution >= 4 is 16.9 Å². The van der Waals surface area contributed by atoms with Crippen LogP contribution in [0, 0.1) is 5.82 Å². The van der Waals surface area contributed by atoms with Crippen molar-refractivity contribution in [2.45, 2.75) is 38.1 Å². The van der Waals surface area contributed by atoms with Gasteiger partial charge in [-0.25, -0.2) is 4.39 Å². The lowest BCUT2D eigenvalue weighted by molar-refractivity contribution is -0.149. The highest BCUT2D eigenvalue weighted by molar-refractivity contribution is 5.83. The number of esters is 1. The summed E-state index contributed by atoms with van der Waals surface area (Å²) in [6.45, 7) is 4.06. The summed E-state index contributed by atoms with van der Waals surface area (Å²) in [6.07, 6.45) is 5.89. The lowest BCUT2D eigenvalue weighted by Crippen LogP contribution is -2.57. The number of benzene rings is 2. The minimum absolute atomic E-state index is 0.200. The number of carbonyl (C=O) groups is 1. The molecule has 7 heteroatoms. The van der Waals surface area contributed by atoms with Crippen LogP contribution in [0.4, 0.5) is 4.39 Å². The smallest absolute Gasteiger partial charge is 0.324 e. The molecule has 6 nitrogen and oxygen atoms in total. The maximum Gasteiger partial charge on any atom is 0.324 e. The molecule has 1 aliphatic rings. The summed E-state index contributed by atoms with van der Waals surface area (Å²) in [6, 6.07) is 15.8. The van der Waals surface area contributed by atoms with Gasteiger partial charge in [0.2, 0.25) is 0 Å². The molecule has 2 aromatic carbocycles. The molecule has 1 atom stereocenters. The van der Waals surface area contributed by atoms with Gasteiger partial charge < -0.3 is 9.47 Å². The Kier molecular flexibility index (Phi) is 9.25. The number of ether oxygens (including phenoxy) is 2. The Morgan fingerprint density at radius 3 is 2.64 bits per heavy atom. The number of hydrogen-bond acceptors (Lipinski definition) is 6. The topological polar surface area (TPSA) is 54.9 Å². The number of unbranched alkanes of at least 4 members (excludes halogenated alkanes) is 1. The normalized spacial score (nSPS) is 16.8. The second-order valence-electron chi connectivity index (χ2n) is 9.39. The monoisotopic (exact) mass is 493 g/mol. The van der Waals surface area contributed by atoms with E-state index in [1.54, 1.807) is 7.11 Å². The summed E-state index contributed by atoms with van der Waals surface area (Å²) in [5.41, 5.74) is 2.76. The first-order chi connectivity index (χ1) is 17.6. The Hall–Kier alpha value is -3.03. The molecule has 1 aromatic heterocycles. The van der Waals surface area contributed by atoms with E-state index in [1.807, 2.05) is 24.3 Å². The number of piperazine rings is 1. The van der Waals surface area contributed by atoms with Crippen LogP contribution in [-0.4, -0.2) is 73.7 Å². The molecule has 3 aromatic rings. The Morgan fingerprint density at radius 2 is 1.86 bits per heavy atom. The zero-order valence-electron chi connectivity index (χ0n) is 21.3. The van der Waals surface area contributed by atoms with Crippen molar-refractivity contribution in [1.82, 2.24) is 14.8 Å². The third-order valence-electron chi connectivity index (χ3n) is 7.09. The molecule has 1 aliphatic heterocycles. The van der Waals surface area contributed by atoms with Gasteiger partial charge in [-0.2, -0.15) is 0 Å². The van der Waals surface area contributed by atoms with Crippen LogP contribution in [0.15, 0.2) is 54.7 Å². The molecule has 0 radical (unpaired) electrons. The summed E-state index contributed by atoms with van der Waals surface area (Å²) < 4.78 is 25.1. The molecule has 0 amide bonds. The van der Waals surface area contributed by atoms with E-state index in [-0.39, 0.29) is 17.8 Å². The molecule has 1 fully saturated rings. The van der Waals surface area contributed by atoms with Crippen LogP contribution in [0.25, 0.3) is 10.9 Å². The number of aryl methyl sites for hydroxylation is 2. The van der Waals surface area contributed by atoms with Crippen LogP contribution >= 0.6 is 0 Å². The number of halogens is 1. The van der Waals surface area contributed by atoms with Gasteiger partial charge in [-0.15, -0.1) is 0 Å². The molecule has 192 valence electrons. The van der Waals surface area contributed by atoms with E-state index in [0.29, 0.717) is 30.8 Å². The molecule has 0 saturated carbocycles. The van der Waals surface area contributed by atoms with Crippen molar-refractivity contribution in [3.8, 4) is 5.75 Å². The van der Waals surface area contributed by atoms with E-state index in [0.717, 1.165) is 56.2 Å². The average Bonchev–Trinajstić information content (AvgIpc) is 2.92. The number of hydrogen-bond donors (Lipinski definition) is 0. The zero-order valence-corrected chi connectivity index (χ0v) is 21.3. The Labute approximate surface area is 213 Å². The zero-order chi connectivity index (χ0) is 25.3. The highest BCUT2D eigenvalue weighted by atomic mass is 19.1. The van der Waals surface area contributed by atoms with Crippen molar-refractivity contribution in [2.75, 3.05) is 46.9 Å². The standard InChI is InChI=1S/C29H36FN3O3/c1-35-23-13-14-27-25(19-23)24(26(30)20-31-27)12-8-16-33-18-17-32(21-28(33)29(34)36-2)15-7-6-11-22-9-4-3-5-10-22/h3-5,9-10,13-14,19-20,28H,6-8,11-12,15-18,21H2,1-2H3/t28-/m1/s1. The fraction of sp³-hybridized carbons (Fsp3) is 0.448. The minimum atomic E-state index is -0.305. The van der Waals surface area contributed by atoms with Crippen LogP contribution in [-0.2, 0) is 22.4 Å². The summed E-state index contributed by atoms with van der Waals surface area (Å²) in [5.74, 6) is 0.177. The van der Waals surface area contributed by atoms with Crippen LogP contribution in [0.1, 0.15) is 30.4 Å². The van der Waals surface area contributed by atoms with Gasteiger partial charge in [0.15, 0.2) is 0 Å². The van der Waals surface area contributed by atoms with Gasteiger partial charge in [0.1, 0.15) is 17.6 Å². The Morgan fingerprint density at radius 1 is 1.03 bits per heavy atom. The Bertz CT molecular complexity index is 1140. The van der Waals surface area contributed by atoms with Gasteiger partial charge in [0, 0.05) is 25.0 Å². The molecule has 1 saturated heterocycles. The first-order valence-corrected chi connectivity index (χ1v) is 12.8. The summed E-state index contributed by atoms with van der Waals surface area (Å²) in [5, 5.41) is 0.777. The quantitative estimate of drug-likeness (QED) is 0.290. The van der Waals surface area contributed by atoms with Crippen molar-refractivity contribution in [3.05, 3.63) is 71.7 Å². The van der Waals surface area contributed by atoms with Crippen molar-refractivity contribution in [1.29, 1.82) is 0 Å². The van der Waals surface area contributed by atoms with Gasteiger partial charge in [-0.3, -0.25) is 19.6 Å². The van der Waals surface area contributed by atoms with Gasteiger partial charge >= 0.3 is 5.97 Å². The van der Waals surface area contributed by atoms with Gasteiger partial charge in [-0.05, 0) is 74.5 Å². The second-order valence-corrected chi connectivity index (χ2v) is 9.39. The molecule has 0 N–H and O–H groups in total. The molecular formula is C29H36FN3O3. The molecule has 0 spiro atoms. The minimum Gasteiger partial charge on any atom is -0.497 e. The van der Waals surface area contributed by atoms with Crippen molar-refractivity contribution < 1.29 is 18.7 Å². The average molecular weight is 494 g/mol. The number of nitrogens with zero attached hydrogens (tertiary/aromatic N) is 3. The molecule has 0 bridgehead atoms. The first kappa shape index (κ1) is 26.0. The molecule has 2 heterocycles. The largest absolute Gasteiger partial charge is 0.497 e. The van der Waals surface area contributed by atoms with Crippen LogP contribution < -0.4 is 4.74 Å². The van der Waals surface area contributed by atoms with Crippen molar-refractivity contribution in [2.24, 2.45) is 0 Å². The van der Waals surface area contributed by atoms with E-state index in [2.05, 4.69) is 39.0 Å².